The highest BCUT2D eigenvalue weighted by atomic mass is 32.3. The van der Waals surface area contributed by atoms with Crippen molar-refractivity contribution in [2.24, 2.45) is 0 Å². The summed E-state index contributed by atoms with van der Waals surface area (Å²) in [6.07, 6.45) is 0. The topological polar surface area (TPSA) is 43.4 Å². The molecule has 0 radical (unpaired) electrons. The van der Waals surface area contributed by atoms with Gasteiger partial charge in [0.25, 0.3) is 0 Å². The fraction of sp³-hybridized carbons (Fsp3) is 0.0909. The van der Waals surface area contributed by atoms with E-state index in [1.165, 1.54) is 6.07 Å². The highest BCUT2D eigenvalue weighted by Gasteiger charge is 2.17. The van der Waals surface area contributed by atoms with Crippen molar-refractivity contribution in [1.82, 2.24) is 0 Å². The number of rotatable bonds is 3. The van der Waals surface area contributed by atoms with Crippen LogP contribution in [0.25, 0.3) is 0 Å². The van der Waals surface area contributed by atoms with E-state index in [-0.39, 0.29) is 4.21 Å². The lowest BCUT2D eigenvalue weighted by Crippen LogP contribution is -2.07. The van der Waals surface area contributed by atoms with Crippen LogP contribution in [-0.2, 0) is 10.1 Å². The summed E-state index contributed by atoms with van der Waals surface area (Å²) in [5.74, 6) is 0.332. The fourth-order valence-electron chi connectivity index (χ4n) is 1.17. The molecule has 0 aliphatic heterocycles. The van der Waals surface area contributed by atoms with Crippen LogP contribution in [0.5, 0.6) is 5.75 Å². The molecule has 0 spiro atoms. The Bertz CT molecular complexity index is 554. The van der Waals surface area contributed by atoms with Gasteiger partial charge in [-0.05, 0) is 30.5 Å². The quantitative estimate of drug-likeness (QED) is 0.791. The lowest BCUT2D eigenvalue weighted by Gasteiger charge is -2.04. The van der Waals surface area contributed by atoms with E-state index in [0.717, 1.165) is 16.9 Å². The minimum Gasteiger partial charge on any atom is -0.378 e. The maximum absolute atomic E-state index is 11.7. The highest BCUT2D eigenvalue weighted by molar-refractivity contribution is 7.89. The summed E-state index contributed by atoms with van der Waals surface area (Å²) < 4.78 is 28.7. The lowest BCUT2D eigenvalue weighted by atomic mass is 10.2. The van der Waals surface area contributed by atoms with Crippen LogP contribution >= 0.6 is 11.3 Å². The third kappa shape index (κ3) is 2.43. The van der Waals surface area contributed by atoms with Gasteiger partial charge in [-0.1, -0.05) is 23.8 Å². The maximum atomic E-state index is 11.7. The minimum atomic E-state index is -3.66. The molecule has 5 heteroatoms. The summed E-state index contributed by atoms with van der Waals surface area (Å²) in [5.41, 5.74) is 1.06. The Labute approximate surface area is 98.4 Å². The Kier molecular flexibility index (Phi) is 2.98. The van der Waals surface area contributed by atoms with Gasteiger partial charge in [0.05, 0.1) is 0 Å². The third-order valence-corrected chi connectivity index (χ3v) is 4.57. The van der Waals surface area contributed by atoms with Gasteiger partial charge in [-0.2, -0.15) is 8.42 Å². The molecule has 0 fully saturated rings. The summed E-state index contributed by atoms with van der Waals surface area (Å²) in [6, 6.07) is 10.1. The second kappa shape index (κ2) is 4.27. The second-order valence-corrected chi connectivity index (χ2v) is 6.00. The number of thiophene rings is 1. The first kappa shape index (κ1) is 11.2. The molecule has 1 aromatic carbocycles. The van der Waals surface area contributed by atoms with Crippen LogP contribution in [0.4, 0.5) is 0 Å². The van der Waals surface area contributed by atoms with Gasteiger partial charge in [0.1, 0.15) is 5.75 Å². The van der Waals surface area contributed by atoms with E-state index < -0.39 is 10.1 Å². The van der Waals surface area contributed by atoms with Crippen molar-refractivity contribution in [3.05, 3.63) is 47.3 Å². The van der Waals surface area contributed by atoms with E-state index in [1.807, 2.05) is 6.92 Å². The van der Waals surface area contributed by atoms with Crippen LogP contribution < -0.4 is 4.18 Å². The molecular formula is C11H10O3S2. The molecule has 1 heterocycles. The Morgan fingerprint density at radius 1 is 1.12 bits per heavy atom. The van der Waals surface area contributed by atoms with Crippen molar-refractivity contribution < 1.29 is 12.6 Å². The van der Waals surface area contributed by atoms with Crippen LogP contribution in [0, 0.1) is 6.92 Å². The fourth-order valence-corrected chi connectivity index (χ4v) is 3.05. The van der Waals surface area contributed by atoms with Crippen molar-refractivity contribution in [2.45, 2.75) is 11.1 Å². The number of aryl methyl sites for hydroxylation is 1. The maximum Gasteiger partial charge on any atom is 0.348 e. The zero-order valence-corrected chi connectivity index (χ0v) is 10.2. The first-order chi connectivity index (χ1) is 7.58. The molecule has 3 nitrogen and oxygen atoms in total. The molecule has 0 saturated carbocycles. The predicted octanol–water partition coefficient (Wildman–Crippen LogP) is 2.82. The third-order valence-electron chi connectivity index (χ3n) is 1.97. The van der Waals surface area contributed by atoms with Crippen LogP contribution in [0.15, 0.2) is 46.0 Å². The zero-order chi connectivity index (χ0) is 11.6. The molecule has 1 aromatic heterocycles. The highest BCUT2D eigenvalue weighted by Crippen LogP contribution is 2.22. The summed E-state index contributed by atoms with van der Waals surface area (Å²) >= 11 is 1.14. The summed E-state index contributed by atoms with van der Waals surface area (Å²) in [6.45, 7) is 1.93. The molecule has 2 rings (SSSR count). The van der Waals surface area contributed by atoms with Crippen molar-refractivity contribution in [1.29, 1.82) is 0 Å². The van der Waals surface area contributed by atoms with Crippen LogP contribution in [0.3, 0.4) is 0 Å². The second-order valence-electron chi connectivity index (χ2n) is 3.28. The van der Waals surface area contributed by atoms with E-state index in [0.29, 0.717) is 5.75 Å². The Morgan fingerprint density at radius 3 is 2.38 bits per heavy atom. The summed E-state index contributed by atoms with van der Waals surface area (Å²) in [7, 11) is -3.66. The average Bonchev–Trinajstić information content (AvgIpc) is 2.75. The molecule has 0 amide bonds. The molecule has 0 atom stereocenters. The molecular weight excluding hydrogens is 244 g/mol. The molecule has 0 bridgehead atoms. The molecule has 0 unspecified atom stereocenters. The lowest BCUT2D eigenvalue weighted by molar-refractivity contribution is 0.488. The van der Waals surface area contributed by atoms with E-state index in [1.54, 1.807) is 35.7 Å². The van der Waals surface area contributed by atoms with Gasteiger partial charge in [-0.3, -0.25) is 0 Å². The smallest absolute Gasteiger partial charge is 0.348 e. The zero-order valence-electron chi connectivity index (χ0n) is 8.58. The van der Waals surface area contributed by atoms with Gasteiger partial charge < -0.3 is 4.18 Å². The average molecular weight is 254 g/mol. The Hall–Kier alpha value is -1.33. The predicted molar refractivity (Wildman–Crippen MR) is 63.3 cm³/mol. The van der Waals surface area contributed by atoms with E-state index in [4.69, 9.17) is 4.18 Å². The molecule has 2 aromatic rings. The standard InChI is InChI=1S/C11H10O3S2/c1-9-4-6-10(7-5-9)14-16(12,13)11-3-2-8-15-11/h2-8H,1H3. The largest absolute Gasteiger partial charge is 0.378 e. The van der Waals surface area contributed by atoms with Gasteiger partial charge in [-0.25, -0.2) is 0 Å². The van der Waals surface area contributed by atoms with Crippen molar-refractivity contribution in [3.8, 4) is 5.75 Å². The molecule has 84 valence electrons. The van der Waals surface area contributed by atoms with Crippen molar-refractivity contribution in [2.75, 3.05) is 0 Å². The van der Waals surface area contributed by atoms with Gasteiger partial charge in [0, 0.05) is 0 Å². The number of benzene rings is 1. The number of hydrogen-bond donors (Lipinski definition) is 0. The normalized spacial score (nSPS) is 11.3. The molecule has 0 aliphatic rings. The van der Waals surface area contributed by atoms with E-state index >= 15 is 0 Å². The molecule has 0 saturated heterocycles. The van der Waals surface area contributed by atoms with Gasteiger partial charge in [-0.15, -0.1) is 11.3 Å². The van der Waals surface area contributed by atoms with Gasteiger partial charge in [0.15, 0.2) is 4.21 Å². The molecule has 16 heavy (non-hydrogen) atoms. The SMILES string of the molecule is Cc1ccc(OS(=O)(=O)c2cccs2)cc1. The molecule has 0 N–H and O–H groups in total. The van der Waals surface area contributed by atoms with Crippen molar-refractivity contribution >= 4 is 21.5 Å². The van der Waals surface area contributed by atoms with Gasteiger partial charge >= 0.3 is 10.1 Å². The van der Waals surface area contributed by atoms with Crippen LogP contribution in [-0.4, -0.2) is 8.42 Å². The van der Waals surface area contributed by atoms with Crippen LogP contribution in [0.2, 0.25) is 0 Å². The Balaban J connectivity index is 2.25. The Morgan fingerprint density at radius 2 is 1.81 bits per heavy atom. The van der Waals surface area contributed by atoms with E-state index in [2.05, 4.69) is 0 Å². The van der Waals surface area contributed by atoms with E-state index in [9.17, 15) is 8.42 Å². The van der Waals surface area contributed by atoms with Gasteiger partial charge in [0.2, 0.25) is 0 Å². The monoisotopic (exact) mass is 254 g/mol. The van der Waals surface area contributed by atoms with Crippen molar-refractivity contribution in [3.63, 3.8) is 0 Å². The first-order valence-electron chi connectivity index (χ1n) is 4.62. The number of hydrogen-bond acceptors (Lipinski definition) is 4. The van der Waals surface area contributed by atoms with Crippen LogP contribution in [0.1, 0.15) is 5.56 Å². The minimum absolute atomic E-state index is 0.216. The molecule has 0 aliphatic carbocycles. The summed E-state index contributed by atoms with van der Waals surface area (Å²) in [5, 5.41) is 1.70. The summed E-state index contributed by atoms with van der Waals surface area (Å²) in [4.78, 5) is 0. The first-order valence-corrected chi connectivity index (χ1v) is 6.91.